The third kappa shape index (κ3) is 6.84. The molecule has 0 unspecified atom stereocenters. The van der Waals surface area contributed by atoms with Gasteiger partial charge in [-0.1, -0.05) is 30.3 Å². The molecule has 2 rings (SSSR count). The van der Waals surface area contributed by atoms with Gasteiger partial charge < -0.3 is 14.4 Å². The molecule has 0 aromatic heterocycles. The van der Waals surface area contributed by atoms with Crippen molar-refractivity contribution in [2.45, 2.75) is 26.7 Å². The first-order chi connectivity index (χ1) is 15.5. The Kier molecular flexibility index (Phi) is 9.72. The van der Waals surface area contributed by atoms with Crippen LogP contribution in [0.15, 0.2) is 53.6 Å². The summed E-state index contributed by atoms with van der Waals surface area (Å²) < 4.78 is 11.3. The molecule has 0 radical (unpaired) electrons. The molecule has 0 spiro atoms. The second kappa shape index (κ2) is 12.7. The molecule has 0 aliphatic heterocycles. The minimum absolute atomic E-state index is 0.0831. The predicted molar refractivity (Wildman–Crippen MR) is 122 cm³/mol. The third-order valence-corrected chi connectivity index (χ3v) is 4.65. The summed E-state index contributed by atoms with van der Waals surface area (Å²) in [5.41, 5.74) is 3.65. The van der Waals surface area contributed by atoms with Gasteiger partial charge in [-0.15, -0.1) is 0 Å². The number of nitrogens with one attached hydrogen (secondary N) is 1. The average molecular weight is 437 g/mol. The number of carbonyl (C=O) groups is 2. The largest absolute Gasteiger partial charge is 0.490 e. The lowest BCUT2D eigenvalue weighted by Gasteiger charge is -2.19. The molecule has 168 valence electrons. The third-order valence-electron chi connectivity index (χ3n) is 4.65. The van der Waals surface area contributed by atoms with Crippen LogP contribution in [0.1, 0.15) is 37.8 Å². The lowest BCUT2D eigenvalue weighted by Crippen LogP contribution is -2.34. The lowest BCUT2D eigenvalue weighted by atomic mass is 10.0. The molecule has 0 saturated carbocycles. The molecule has 0 heterocycles. The maximum atomic E-state index is 12.3. The summed E-state index contributed by atoms with van der Waals surface area (Å²) >= 11 is 0. The first kappa shape index (κ1) is 24.4. The number of carbonyl (C=O) groups excluding carboxylic acids is 2. The monoisotopic (exact) mass is 436 g/mol. The van der Waals surface area contributed by atoms with Crippen molar-refractivity contribution in [3.05, 3.63) is 59.7 Å². The Hall–Kier alpha value is -3.86. The number of nitriles is 1. The van der Waals surface area contributed by atoms with Crippen molar-refractivity contribution in [2.75, 3.05) is 26.3 Å². The molecule has 0 aliphatic rings. The number of ether oxygens (including phenoxy) is 2. The first-order valence-electron chi connectivity index (χ1n) is 10.5. The highest BCUT2D eigenvalue weighted by Crippen LogP contribution is 2.28. The van der Waals surface area contributed by atoms with E-state index in [0.29, 0.717) is 42.3 Å². The number of hydrazone groups is 1. The molecule has 1 N–H and O–H groups in total. The summed E-state index contributed by atoms with van der Waals surface area (Å²) in [6.07, 6.45) is 1.45. The van der Waals surface area contributed by atoms with E-state index in [1.54, 1.807) is 47.4 Å². The van der Waals surface area contributed by atoms with E-state index in [2.05, 4.69) is 10.5 Å². The van der Waals surface area contributed by atoms with Crippen LogP contribution in [0.4, 0.5) is 0 Å². The molecular formula is C24H28N4O4. The SMILES string of the molecule is CCOc1cc(/C=N\NC(=O)[C@@H](C#N)c2ccccc2)ccc1OCC(=O)N(CC)CC. The second-order valence-electron chi connectivity index (χ2n) is 6.70. The van der Waals surface area contributed by atoms with Crippen LogP contribution < -0.4 is 14.9 Å². The van der Waals surface area contributed by atoms with Gasteiger partial charge in [-0.3, -0.25) is 9.59 Å². The number of benzene rings is 2. The van der Waals surface area contributed by atoms with Gasteiger partial charge in [0.2, 0.25) is 0 Å². The average Bonchev–Trinajstić information content (AvgIpc) is 2.81. The van der Waals surface area contributed by atoms with Crippen LogP contribution in [-0.2, 0) is 9.59 Å². The molecule has 0 bridgehead atoms. The van der Waals surface area contributed by atoms with E-state index in [-0.39, 0.29) is 12.5 Å². The number of amides is 2. The van der Waals surface area contributed by atoms with Crippen LogP contribution >= 0.6 is 0 Å². The standard InChI is InChI=1S/C24H28N4O4/c1-4-28(5-2)23(29)17-32-21-13-12-18(14-22(21)31-6-3)16-26-27-24(30)20(15-25)19-10-8-7-9-11-19/h7-14,16,20H,4-6,17H2,1-3H3,(H,27,30)/b26-16-/t20-/m0/s1. The van der Waals surface area contributed by atoms with Gasteiger partial charge in [-0.2, -0.15) is 10.4 Å². The highest BCUT2D eigenvalue weighted by Gasteiger charge is 2.19. The lowest BCUT2D eigenvalue weighted by molar-refractivity contribution is -0.133. The normalized spacial score (nSPS) is 11.4. The molecule has 0 aliphatic carbocycles. The summed E-state index contributed by atoms with van der Waals surface area (Å²) in [5, 5.41) is 13.3. The van der Waals surface area contributed by atoms with Gasteiger partial charge in [-0.25, -0.2) is 5.43 Å². The molecule has 2 amide bonds. The van der Waals surface area contributed by atoms with Crippen molar-refractivity contribution in [2.24, 2.45) is 5.10 Å². The zero-order chi connectivity index (χ0) is 23.3. The number of nitrogens with zero attached hydrogens (tertiary/aromatic N) is 3. The zero-order valence-electron chi connectivity index (χ0n) is 18.6. The Bertz CT molecular complexity index is 966. The van der Waals surface area contributed by atoms with Gasteiger partial charge in [0.05, 0.1) is 18.9 Å². The quantitative estimate of drug-likeness (QED) is 0.431. The van der Waals surface area contributed by atoms with Gasteiger partial charge in [0.15, 0.2) is 24.0 Å². The first-order valence-corrected chi connectivity index (χ1v) is 10.5. The maximum Gasteiger partial charge on any atom is 0.261 e. The van der Waals surface area contributed by atoms with Gasteiger partial charge >= 0.3 is 0 Å². The van der Waals surface area contributed by atoms with Crippen LogP contribution in [0.3, 0.4) is 0 Å². The summed E-state index contributed by atoms with van der Waals surface area (Å²) in [7, 11) is 0. The van der Waals surface area contributed by atoms with Crippen LogP contribution in [0.2, 0.25) is 0 Å². The molecule has 32 heavy (non-hydrogen) atoms. The van der Waals surface area contributed by atoms with E-state index >= 15 is 0 Å². The molecule has 2 aromatic rings. The number of hydrogen-bond acceptors (Lipinski definition) is 6. The number of hydrogen-bond donors (Lipinski definition) is 1. The Morgan fingerprint density at radius 2 is 1.81 bits per heavy atom. The van der Waals surface area contributed by atoms with E-state index in [4.69, 9.17) is 9.47 Å². The molecule has 2 aromatic carbocycles. The Labute approximate surface area is 188 Å². The Balaban J connectivity index is 2.05. The summed E-state index contributed by atoms with van der Waals surface area (Å²) in [6, 6.07) is 15.9. The summed E-state index contributed by atoms with van der Waals surface area (Å²) in [4.78, 5) is 26.2. The van der Waals surface area contributed by atoms with E-state index in [1.807, 2.05) is 32.9 Å². The van der Waals surface area contributed by atoms with Crippen molar-refractivity contribution in [3.63, 3.8) is 0 Å². The fourth-order valence-electron chi connectivity index (χ4n) is 2.96. The second-order valence-corrected chi connectivity index (χ2v) is 6.70. The van der Waals surface area contributed by atoms with Gasteiger partial charge in [-0.05, 0) is 50.1 Å². The van der Waals surface area contributed by atoms with Crippen molar-refractivity contribution in [1.29, 1.82) is 5.26 Å². The van der Waals surface area contributed by atoms with Crippen molar-refractivity contribution >= 4 is 18.0 Å². The minimum atomic E-state index is -0.952. The fourth-order valence-corrected chi connectivity index (χ4v) is 2.96. The molecule has 8 heteroatoms. The fraction of sp³-hybridized carbons (Fsp3) is 0.333. The molecule has 0 fully saturated rings. The number of rotatable bonds is 11. The van der Waals surface area contributed by atoms with Crippen LogP contribution in [0, 0.1) is 11.3 Å². The molecule has 0 saturated heterocycles. The Morgan fingerprint density at radius 1 is 1.09 bits per heavy atom. The van der Waals surface area contributed by atoms with Crippen LogP contribution in [0.25, 0.3) is 0 Å². The van der Waals surface area contributed by atoms with E-state index < -0.39 is 11.8 Å². The topological polar surface area (TPSA) is 104 Å². The van der Waals surface area contributed by atoms with Crippen molar-refractivity contribution in [1.82, 2.24) is 10.3 Å². The number of likely N-dealkylation sites (N-methyl/N-ethyl adjacent to an activating group) is 1. The van der Waals surface area contributed by atoms with Crippen LogP contribution in [0.5, 0.6) is 11.5 Å². The smallest absolute Gasteiger partial charge is 0.261 e. The maximum absolute atomic E-state index is 12.3. The molecular weight excluding hydrogens is 408 g/mol. The summed E-state index contributed by atoms with van der Waals surface area (Å²) in [6.45, 7) is 7.25. The molecule has 8 nitrogen and oxygen atoms in total. The van der Waals surface area contributed by atoms with Gasteiger partial charge in [0.1, 0.15) is 0 Å². The predicted octanol–water partition coefficient (Wildman–Crippen LogP) is 3.09. The van der Waals surface area contributed by atoms with E-state index in [9.17, 15) is 14.9 Å². The van der Waals surface area contributed by atoms with Crippen molar-refractivity contribution < 1.29 is 19.1 Å². The van der Waals surface area contributed by atoms with E-state index in [0.717, 1.165) is 0 Å². The van der Waals surface area contributed by atoms with Crippen molar-refractivity contribution in [3.8, 4) is 17.6 Å². The molecule has 1 atom stereocenters. The van der Waals surface area contributed by atoms with Gasteiger partial charge in [0, 0.05) is 13.1 Å². The zero-order valence-corrected chi connectivity index (χ0v) is 18.6. The van der Waals surface area contributed by atoms with E-state index in [1.165, 1.54) is 6.21 Å². The highest BCUT2D eigenvalue weighted by molar-refractivity contribution is 5.88. The summed E-state index contributed by atoms with van der Waals surface area (Å²) in [5.74, 6) is -0.658. The van der Waals surface area contributed by atoms with Crippen LogP contribution in [-0.4, -0.2) is 49.2 Å². The van der Waals surface area contributed by atoms with Gasteiger partial charge in [0.25, 0.3) is 11.8 Å². The highest BCUT2D eigenvalue weighted by atomic mass is 16.5. The Morgan fingerprint density at radius 3 is 2.44 bits per heavy atom. The minimum Gasteiger partial charge on any atom is -0.490 e.